The monoisotopic (exact) mass is 256 g/mol. The van der Waals surface area contributed by atoms with Crippen LogP contribution in [-0.2, 0) is 0 Å². The van der Waals surface area contributed by atoms with Gasteiger partial charge >= 0.3 is 0 Å². The minimum Gasteiger partial charge on any atom is -0.362 e. The summed E-state index contributed by atoms with van der Waals surface area (Å²) in [5.41, 5.74) is 0. The molecule has 0 aromatic heterocycles. The molecule has 1 N–H and O–H groups in total. The summed E-state index contributed by atoms with van der Waals surface area (Å²) < 4.78 is 0. The standard InChI is InChI=1S/C14H28N2S/c1-6-12-7-8-17-14(16-12)15-9-13(10(2)3)11(4)5/h10-13H,6-9H2,1-5H3,(H,15,16). The Bertz CT molecular complexity index is 241. The van der Waals surface area contributed by atoms with Crippen LogP contribution in [0, 0.1) is 17.8 Å². The molecule has 3 heteroatoms. The highest BCUT2D eigenvalue weighted by Gasteiger charge is 2.19. The third-order valence-corrected chi connectivity index (χ3v) is 4.64. The van der Waals surface area contributed by atoms with Crippen molar-refractivity contribution in [3.63, 3.8) is 0 Å². The van der Waals surface area contributed by atoms with Crippen molar-refractivity contribution in [1.29, 1.82) is 0 Å². The molecule has 0 amide bonds. The molecule has 0 aromatic rings. The van der Waals surface area contributed by atoms with Gasteiger partial charge < -0.3 is 5.32 Å². The molecule has 1 saturated heterocycles. The summed E-state index contributed by atoms with van der Waals surface area (Å²) in [6, 6.07) is 0.645. The first-order chi connectivity index (χ1) is 8.04. The Kier molecular flexibility index (Phi) is 6.39. The van der Waals surface area contributed by atoms with Crippen LogP contribution in [0.3, 0.4) is 0 Å². The van der Waals surface area contributed by atoms with Crippen molar-refractivity contribution >= 4 is 16.9 Å². The summed E-state index contributed by atoms with van der Waals surface area (Å²) in [7, 11) is 0. The van der Waals surface area contributed by atoms with Gasteiger partial charge in [-0.1, -0.05) is 46.4 Å². The molecule has 100 valence electrons. The van der Waals surface area contributed by atoms with E-state index in [1.54, 1.807) is 0 Å². The highest BCUT2D eigenvalue weighted by molar-refractivity contribution is 8.13. The van der Waals surface area contributed by atoms with Crippen molar-refractivity contribution in [3.05, 3.63) is 0 Å². The smallest absolute Gasteiger partial charge is 0.156 e. The molecule has 1 unspecified atom stereocenters. The van der Waals surface area contributed by atoms with E-state index in [0.29, 0.717) is 12.0 Å². The maximum atomic E-state index is 4.79. The zero-order chi connectivity index (χ0) is 12.8. The maximum Gasteiger partial charge on any atom is 0.156 e. The number of nitrogens with zero attached hydrogens (tertiary/aromatic N) is 1. The van der Waals surface area contributed by atoms with Crippen LogP contribution in [0.4, 0.5) is 0 Å². The number of aliphatic imine (C=N–C) groups is 1. The maximum absolute atomic E-state index is 4.79. The minimum absolute atomic E-state index is 0.645. The lowest BCUT2D eigenvalue weighted by Crippen LogP contribution is -2.37. The van der Waals surface area contributed by atoms with Crippen molar-refractivity contribution < 1.29 is 0 Å². The van der Waals surface area contributed by atoms with Crippen LogP contribution >= 0.6 is 11.8 Å². The Morgan fingerprint density at radius 3 is 2.47 bits per heavy atom. The average Bonchev–Trinajstić information content (AvgIpc) is 2.28. The Hall–Kier alpha value is -0.180. The third kappa shape index (κ3) is 4.90. The van der Waals surface area contributed by atoms with E-state index in [0.717, 1.165) is 18.4 Å². The fourth-order valence-electron chi connectivity index (χ4n) is 2.36. The zero-order valence-corrected chi connectivity index (χ0v) is 12.8. The van der Waals surface area contributed by atoms with Gasteiger partial charge in [0.05, 0.1) is 0 Å². The first-order valence-electron chi connectivity index (χ1n) is 6.98. The quantitative estimate of drug-likeness (QED) is 0.809. The van der Waals surface area contributed by atoms with Crippen LogP contribution in [0.5, 0.6) is 0 Å². The second kappa shape index (κ2) is 7.30. The van der Waals surface area contributed by atoms with Crippen molar-refractivity contribution in [2.75, 3.05) is 12.3 Å². The predicted octanol–water partition coefficient (Wildman–Crippen LogP) is 3.78. The number of rotatable bonds is 5. The molecule has 1 aliphatic rings. The Morgan fingerprint density at radius 1 is 1.29 bits per heavy atom. The molecule has 0 aliphatic carbocycles. The Labute approximate surface area is 111 Å². The number of hydrogen-bond donors (Lipinski definition) is 1. The minimum atomic E-state index is 0.645. The van der Waals surface area contributed by atoms with Crippen LogP contribution in [-0.4, -0.2) is 23.5 Å². The zero-order valence-electron chi connectivity index (χ0n) is 12.0. The lowest BCUT2D eigenvalue weighted by Gasteiger charge is -2.26. The first-order valence-corrected chi connectivity index (χ1v) is 7.96. The molecule has 1 heterocycles. The molecule has 1 atom stereocenters. The van der Waals surface area contributed by atoms with Gasteiger partial charge in [-0.05, 0) is 30.6 Å². The molecule has 0 aromatic carbocycles. The third-order valence-electron chi connectivity index (χ3n) is 3.68. The van der Waals surface area contributed by atoms with Crippen LogP contribution in [0.25, 0.3) is 0 Å². The number of hydrogen-bond acceptors (Lipinski definition) is 2. The summed E-state index contributed by atoms with van der Waals surface area (Å²) in [6.07, 6.45) is 2.48. The number of nitrogens with one attached hydrogen (secondary N) is 1. The van der Waals surface area contributed by atoms with E-state index in [9.17, 15) is 0 Å². The lowest BCUT2D eigenvalue weighted by molar-refractivity contribution is 0.297. The Morgan fingerprint density at radius 2 is 1.94 bits per heavy atom. The van der Waals surface area contributed by atoms with E-state index in [1.807, 2.05) is 11.8 Å². The second-order valence-electron chi connectivity index (χ2n) is 5.68. The van der Waals surface area contributed by atoms with Gasteiger partial charge in [0.1, 0.15) is 0 Å². The van der Waals surface area contributed by atoms with Gasteiger partial charge in [0.15, 0.2) is 5.17 Å². The Balaban J connectivity index is 2.50. The van der Waals surface area contributed by atoms with E-state index in [-0.39, 0.29) is 0 Å². The summed E-state index contributed by atoms with van der Waals surface area (Å²) in [5, 5.41) is 4.72. The van der Waals surface area contributed by atoms with Gasteiger partial charge in [-0.3, -0.25) is 4.99 Å². The molecule has 0 spiro atoms. The average molecular weight is 256 g/mol. The van der Waals surface area contributed by atoms with Crippen LogP contribution < -0.4 is 5.32 Å². The van der Waals surface area contributed by atoms with E-state index in [4.69, 9.17) is 4.99 Å². The van der Waals surface area contributed by atoms with E-state index < -0.39 is 0 Å². The SMILES string of the molecule is CCC1CCSC(=NCC(C(C)C)C(C)C)N1. The predicted molar refractivity (Wildman–Crippen MR) is 79.8 cm³/mol. The summed E-state index contributed by atoms with van der Waals surface area (Å²) in [5.74, 6) is 3.36. The number of amidine groups is 1. The van der Waals surface area contributed by atoms with Crippen molar-refractivity contribution in [1.82, 2.24) is 5.32 Å². The highest BCUT2D eigenvalue weighted by atomic mass is 32.2. The van der Waals surface area contributed by atoms with Gasteiger partial charge in [0.2, 0.25) is 0 Å². The summed E-state index contributed by atoms with van der Waals surface area (Å²) >= 11 is 1.89. The number of thioether (sulfide) groups is 1. The summed E-state index contributed by atoms with van der Waals surface area (Å²) in [4.78, 5) is 4.79. The van der Waals surface area contributed by atoms with Crippen molar-refractivity contribution in [2.45, 2.75) is 53.5 Å². The molecule has 17 heavy (non-hydrogen) atoms. The van der Waals surface area contributed by atoms with Crippen molar-refractivity contribution in [2.24, 2.45) is 22.7 Å². The molecule has 0 bridgehead atoms. The van der Waals surface area contributed by atoms with Gasteiger partial charge in [0, 0.05) is 18.3 Å². The van der Waals surface area contributed by atoms with Gasteiger partial charge in [-0.15, -0.1) is 0 Å². The topological polar surface area (TPSA) is 24.4 Å². The fourth-order valence-corrected chi connectivity index (χ4v) is 3.38. The molecular weight excluding hydrogens is 228 g/mol. The molecule has 2 nitrogen and oxygen atoms in total. The molecule has 0 radical (unpaired) electrons. The highest BCUT2D eigenvalue weighted by Crippen LogP contribution is 2.22. The molecule has 0 saturated carbocycles. The largest absolute Gasteiger partial charge is 0.362 e. The van der Waals surface area contributed by atoms with E-state index in [2.05, 4.69) is 39.9 Å². The molecule has 1 fully saturated rings. The first kappa shape index (κ1) is 14.9. The van der Waals surface area contributed by atoms with Gasteiger partial charge in [0.25, 0.3) is 0 Å². The lowest BCUT2D eigenvalue weighted by atomic mass is 9.86. The fraction of sp³-hybridized carbons (Fsp3) is 0.929. The van der Waals surface area contributed by atoms with Crippen molar-refractivity contribution in [3.8, 4) is 0 Å². The van der Waals surface area contributed by atoms with Crippen LogP contribution in [0.1, 0.15) is 47.5 Å². The molecular formula is C14H28N2S. The van der Waals surface area contributed by atoms with Gasteiger partial charge in [-0.25, -0.2) is 0 Å². The van der Waals surface area contributed by atoms with Crippen LogP contribution in [0.2, 0.25) is 0 Å². The van der Waals surface area contributed by atoms with E-state index in [1.165, 1.54) is 23.8 Å². The molecule has 1 aliphatic heterocycles. The normalized spacial score (nSPS) is 23.8. The second-order valence-corrected chi connectivity index (χ2v) is 6.77. The molecule has 1 rings (SSSR count). The van der Waals surface area contributed by atoms with E-state index >= 15 is 0 Å². The summed E-state index contributed by atoms with van der Waals surface area (Å²) in [6.45, 7) is 12.4. The van der Waals surface area contributed by atoms with Crippen LogP contribution in [0.15, 0.2) is 4.99 Å². The van der Waals surface area contributed by atoms with Gasteiger partial charge in [-0.2, -0.15) is 0 Å².